The molecule has 3 nitrogen and oxygen atoms in total. The second kappa shape index (κ2) is 9.52. The summed E-state index contributed by atoms with van der Waals surface area (Å²) in [5.41, 5.74) is -0.399. The van der Waals surface area contributed by atoms with Crippen LogP contribution in [0.3, 0.4) is 0 Å². The minimum Gasteiger partial charge on any atom is -0.493 e. The molecule has 3 rings (SSSR count). The summed E-state index contributed by atoms with van der Waals surface area (Å²) in [4.78, 5) is 13.4. The number of anilines is 1. The number of amides is 1. The zero-order chi connectivity index (χ0) is 20.7. The summed E-state index contributed by atoms with van der Waals surface area (Å²) in [6, 6.07) is 21.0. The van der Waals surface area contributed by atoms with Crippen molar-refractivity contribution in [1.82, 2.24) is 0 Å². The number of rotatable bonds is 7. The Morgan fingerprint density at radius 3 is 2.34 bits per heavy atom. The number of ether oxygens (including phenoxy) is 1. The lowest BCUT2D eigenvalue weighted by Crippen LogP contribution is -2.13. The Kier molecular flexibility index (Phi) is 6.82. The molecule has 3 aromatic rings. The van der Waals surface area contributed by atoms with Gasteiger partial charge in [-0.1, -0.05) is 24.3 Å². The number of thioether (sulfide) groups is 1. The molecule has 0 aliphatic rings. The maximum absolute atomic E-state index is 12.8. The molecule has 0 atom stereocenters. The highest BCUT2D eigenvalue weighted by molar-refractivity contribution is 7.99. The molecule has 0 aliphatic carbocycles. The fourth-order valence-corrected chi connectivity index (χ4v) is 3.27. The molecular formula is C22H18F3NO2S. The van der Waals surface area contributed by atoms with Crippen LogP contribution in [-0.2, 0) is 6.18 Å². The van der Waals surface area contributed by atoms with Crippen molar-refractivity contribution in [3.8, 4) is 5.75 Å². The van der Waals surface area contributed by atoms with E-state index in [9.17, 15) is 18.0 Å². The molecule has 0 radical (unpaired) electrons. The van der Waals surface area contributed by atoms with Crippen molar-refractivity contribution in [2.24, 2.45) is 0 Å². The fourth-order valence-electron chi connectivity index (χ4n) is 2.51. The van der Waals surface area contributed by atoms with Crippen molar-refractivity contribution < 1.29 is 22.7 Å². The molecule has 7 heteroatoms. The lowest BCUT2D eigenvalue weighted by atomic mass is 10.1. The summed E-state index contributed by atoms with van der Waals surface area (Å²) in [6.45, 7) is 0.509. The fraction of sp³-hybridized carbons (Fsp3) is 0.136. The average molecular weight is 417 g/mol. The number of benzene rings is 3. The van der Waals surface area contributed by atoms with E-state index < -0.39 is 17.6 Å². The first kappa shape index (κ1) is 20.8. The van der Waals surface area contributed by atoms with E-state index in [0.717, 1.165) is 22.8 Å². The van der Waals surface area contributed by atoms with Crippen LogP contribution in [0.25, 0.3) is 0 Å². The predicted molar refractivity (Wildman–Crippen MR) is 109 cm³/mol. The quantitative estimate of drug-likeness (QED) is 0.371. The minimum atomic E-state index is -4.46. The van der Waals surface area contributed by atoms with Crippen molar-refractivity contribution in [1.29, 1.82) is 0 Å². The van der Waals surface area contributed by atoms with E-state index in [1.807, 2.05) is 30.3 Å². The van der Waals surface area contributed by atoms with E-state index in [2.05, 4.69) is 5.32 Å². The number of carbonyl (C=O) groups is 1. The third-order valence-corrected chi connectivity index (χ3v) is 4.90. The minimum absolute atomic E-state index is 0.0862. The SMILES string of the molecule is O=C(Nc1cccc(C(F)(F)F)c1)c1ccc(OCCSc2ccccc2)cc1. The Balaban J connectivity index is 1.51. The Morgan fingerprint density at radius 2 is 1.66 bits per heavy atom. The van der Waals surface area contributed by atoms with Crippen molar-refractivity contribution in [3.63, 3.8) is 0 Å². The van der Waals surface area contributed by atoms with Gasteiger partial charge in [-0.2, -0.15) is 13.2 Å². The molecule has 0 unspecified atom stereocenters. The van der Waals surface area contributed by atoms with Gasteiger partial charge in [0.25, 0.3) is 5.91 Å². The Hall–Kier alpha value is -2.93. The summed E-state index contributed by atoms with van der Waals surface area (Å²) >= 11 is 1.68. The molecule has 150 valence electrons. The first-order valence-electron chi connectivity index (χ1n) is 8.81. The molecule has 1 N–H and O–H groups in total. The van der Waals surface area contributed by atoms with Gasteiger partial charge in [0.05, 0.1) is 12.2 Å². The number of nitrogens with one attached hydrogen (secondary N) is 1. The standard InChI is InChI=1S/C22H18F3NO2S/c23-22(24,25)17-5-4-6-18(15-17)26-21(27)16-9-11-19(12-10-16)28-13-14-29-20-7-2-1-3-8-20/h1-12,15H,13-14H2,(H,26,27). The van der Waals surface area contributed by atoms with Gasteiger partial charge in [0, 0.05) is 21.9 Å². The molecule has 0 saturated carbocycles. The van der Waals surface area contributed by atoms with Gasteiger partial charge in [0.2, 0.25) is 0 Å². The van der Waals surface area contributed by atoms with Gasteiger partial charge in [-0.3, -0.25) is 4.79 Å². The summed E-state index contributed by atoms with van der Waals surface area (Å²) in [7, 11) is 0. The first-order valence-corrected chi connectivity index (χ1v) is 9.80. The van der Waals surface area contributed by atoms with Crippen molar-refractivity contribution in [2.75, 3.05) is 17.7 Å². The van der Waals surface area contributed by atoms with Gasteiger partial charge < -0.3 is 10.1 Å². The number of hydrogen-bond donors (Lipinski definition) is 1. The van der Waals surface area contributed by atoms with Gasteiger partial charge in [-0.25, -0.2) is 0 Å². The predicted octanol–water partition coefficient (Wildman–Crippen LogP) is 6.13. The summed E-state index contributed by atoms with van der Waals surface area (Å²) in [5, 5.41) is 2.48. The second-order valence-electron chi connectivity index (χ2n) is 6.07. The average Bonchev–Trinajstić information content (AvgIpc) is 2.72. The molecule has 0 bridgehead atoms. The molecule has 3 aromatic carbocycles. The largest absolute Gasteiger partial charge is 0.493 e. The van der Waals surface area contributed by atoms with Crippen LogP contribution in [0.4, 0.5) is 18.9 Å². The highest BCUT2D eigenvalue weighted by Gasteiger charge is 2.30. The summed E-state index contributed by atoms with van der Waals surface area (Å²) in [5.74, 6) is 0.909. The summed E-state index contributed by atoms with van der Waals surface area (Å²) < 4.78 is 44.0. The van der Waals surface area contributed by atoms with Crippen molar-refractivity contribution >= 4 is 23.4 Å². The zero-order valence-electron chi connectivity index (χ0n) is 15.3. The smallest absolute Gasteiger partial charge is 0.416 e. The Morgan fingerprint density at radius 1 is 0.931 bits per heavy atom. The molecular weight excluding hydrogens is 399 g/mol. The molecule has 1 amide bonds. The molecule has 0 aromatic heterocycles. The topological polar surface area (TPSA) is 38.3 Å². The third-order valence-electron chi connectivity index (χ3n) is 3.93. The second-order valence-corrected chi connectivity index (χ2v) is 7.24. The molecule has 29 heavy (non-hydrogen) atoms. The van der Waals surface area contributed by atoms with E-state index in [0.29, 0.717) is 17.9 Å². The van der Waals surface area contributed by atoms with E-state index in [4.69, 9.17) is 4.74 Å². The normalized spacial score (nSPS) is 11.1. The number of carbonyl (C=O) groups excluding carboxylic acids is 1. The zero-order valence-corrected chi connectivity index (χ0v) is 16.1. The Bertz CT molecular complexity index is 944. The van der Waals surface area contributed by atoms with Gasteiger partial charge in [0.15, 0.2) is 0 Å². The van der Waals surface area contributed by atoms with Crippen LogP contribution in [0.1, 0.15) is 15.9 Å². The monoisotopic (exact) mass is 417 g/mol. The van der Waals surface area contributed by atoms with Crippen LogP contribution >= 0.6 is 11.8 Å². The van der Waals surface area contributed by atoms with Gasteiger partial charge in [-0.15, -0.1) is 11.8 Å². The van der Waals surface area contributed by atoms with Gasteiger partial charge in [0.1, 0.15) is 5.75 Å². The highest BCUT2D eigenvalue weighted by Crippen LogP contribution is 2.30. The lowest BCUT2D eigenvalue weighted by Gasteiger charge is -2.10. The first-order chi connectivity index (χ1) is 13.9. The highest BCUT2D eigenvalue weighted by atomic mass is 32.2. The van der Waals surface area contributed by atoms with E-state index in [1.54, 1.807) is 36.0 Å². The van der Waals surface area contributed by atoms with Crippen LogP contribution in [0.2, 0.25) is 0 Å². The van der Waals surface area contributed by atoms with Crippen LogP contribution in [0.15, 0.2) is 83.8 Å². The summed E-state index contributed by atoms with van der Waals surface area (Å²) in [6.07, 6.45) is -4.46. The van der Waals surface area contributed by atoms with Crippen LogP contribution in [0, 0.1) is 0 Å². The maximum atomic E-state index is 12.8. The number of alkyl halides is 3. The molecule has 0 spiro atoms. The van der Waals surface area contributed by atoms with E-state index >= 15 is 0 Å². The van der Waals surface area contributed by atoms with Gasteiger partial charge in [-0.05, 0) is 54.6 Å². The van der Waals surface area contributed by atoms with E-state index in [-0.39, 0.29) is 5.69 Å². The van der Waals surface area contributed by atoms with Crippen molar-refractivity contribution in [2.45, 2.75) is 11.1 Å². The number of hydrogen-bond acceptors (Lipinski definition) is 3. The molecule has 0 aliphatic heterocycles. The molecule has 0 saturated heterocycles. The van der Waals surface area contributed by atoms with Crippen molar-refractivity contribution in [3.05, 3.63) is 90.0 Å². The van der Waals surface area contributed by atoms with Crippen LogP contribution < -0.4 is 10.1 Å². The third kappa shape index (κ3) is 6.29. The maximum Gasteiger partial charge on any atom is 0.416 e. The van der Waals surface area contributed by atoms with Gasteiger partial charge >= 0.3 is 6.18 Å². The molecule has 0 heterocycles. The molecule has 0 fully saturated rings. The van der Waals surface area contributed by atoms with E-state index in [1.165, 1.54) is 12.1 Å². The van der Waals surface area contributed by atoms with Crippen LogP contribution in [-0.4, -0.2) is 18.3 Å². The van der Waals surface area contributed by atoms with Crippen LogP contribution in [0.5, 0.6) is 5.75 Å². The lowest BCUT2D eigenvalue weighted by molar-refractivity contribution is -0.137. The Labute approximate surface area is 170 Å². The number of halogens is 3.